The molecule has 3 saturated carbocycles. The fraction of sp³-hybridized carbons (Fsp3) is 1.00. The average Bonchev–Trinajstić information content (AvgIpc) is 2.83. The molecule has 3 aliphatic carbocycles. The lowest BCUT2D eigenvalue weighted by Gasteiger charge is -2.43. The first-order valence-electron chi connectivity index (χ1n) is 10.1. The minimum absolute atomic E-state index is 0.250. The summed E-state index contributed by atoms with van der Waals surface area (Å²) in [6.45, 7) is 3.19. The number of aliphatic hydroxyl groups is 2. The summed E-state index contributed by atoms with van der Waals surface area (Å²) in [5.41, 5.74) is -0.262. The maximum Gasteiger partial charge on any atom is 0.0623 e. The highest BCUT2D eigenvalue weighted by molar-refractivity contribution is 5.02. The average molecular weight is 325 g/mol. The summed E-state index contributed by atoms with van der Waals surface area (Å²) in [4.78, 5) is 0. The van der Waals surface area contributed by atoms with E-state index in [-0.39, 0.29) is 23.7 Å². The third-order valence-corrected chi connectivity index (χ3v) is 7.05. The van der Waals surface area contributed by atoms with E-state index in [1.54, 1.807) is 0 Å². The quantitative estimate of drug-likeness (QED) is 0.802. The van der Waals surface area contributed by atoms with Gasteiger partial charge >= 0.3 is 0 Å². The van der Waals surface area contributed by atoms with Crippen molar-refractivity contribution in [2.24, 2.45) is 17.3 Å². The van der Waals surface area contributed by atoms with Gasteiger partial charge in [0.1, 0.15) is 0 Å². The first-order valence-corrected chi connectivity index (χ1v) is 10.1. The second-order valence-corrected chi connectivity index (χ2v) is 8.57. The summed E-state index contributed by atoms with van der Waals surface area (Å²) in [6.07, 6.45) is 13.3. The Morgan fingerprint density at radius 1 is 0.913 bits per heavy atom. The van der Waals surface area contributed by atoms with Crippen LogP contribution in [0.1, 0.15) is 84.0 Å². The molecule has 0 bridgehead atoms. The Bertz CT molecular complexity index is 352. The summed E-state index contributed by atoms with van der Waals surface area (Å²) >= 11 is 0. The molecule has 0 aromatic carbocycles. The molecule has 3 nitrogen and oxygen atoms in total. The van der Waals surface area contributed by atoms with Crippen LogP contribution in [0.5, 0.6) is 0 Å². The first kappa shape index (κ1) is 17.7. The monoisotopic (exact) mass is 324 g/mol. The molecule has 0 saturated heterocycles. The smallest absolute Gasteiger partial charge is 0.0623 e. The van der Waals surface area contributed by atoms with Gasteiger partial charge in [-0.05, 0) is 56.8 Å². The van der Waals surface area contributed by atoms with Gasteiger partial charge in [-0.3, -0.25) is 0 Å². The summed E-state index contributed by atoms with van der Waals surface area (Å²) in [7, 11) is 0. The van der Waals surface area contributed by atoms with Crippen LogP contribution in [0.2, 0.25) is 0 Å². The molecule has 3 atom stereocenters. The molecular formula is C20H36O3. The van der Waals surface area contributed by atoms with Crippen LogP contribution in [0, 0.1) is 17.3 Å². The van der Waals surface area contributed by atoms with E-state index >= 15 is 0 Å². The van der Waals surface area contributed by atoms with Crippen molar-refractivity contribution < 1.29 is 14.9 Å². The van der Waals surface area contributed by atoms with Crippen molar-refractivity contribution in [3.05, 3.63) is 0 Å². The Morgan fingerprint density at radius 3 is 2.22 bits per heavy atom. The van der Waals surface area contributed by atoms with E-state index in [1.165, 1.54) is 38.5 Å². The Morgan fingerprint density at radius 2 is 1.57 bits per heavy atom. The molecule has 3 heteroatoms. The van der Waals surface area contributed by atoms with Crippen molar-refractivity contribution in [3.63, 3.8) is 0 Å². The Labute approximate surface area is 141 Å². The van der Waals surface area contributed by atoms with Crippen LogP contribution in [0.3, 0.4) is 0 Å². The van der Waals surface area contributed by atoms with Gasteiger partial charge in [-0.1, -0.05) is 39.0 Å². The van der Waals surface area contributed by atoms with Gasteiger partial charge in [0.05, 0.1) is 18.3 Å². The van der Waals surface area contributed by atoms with E-state index < -0.39 is 0 Å². The number of rotatable bonds is 5. The third-order valence-electron chi connectivity index (χ3n) is 7.05. The van der Waals surface area contributed by atoms with Gasteiger partial charge in [0, 0.05) is 12.0 Å². The predicted molar refractivity (Wildman–Crippen MR) is 92.2 cm³/mol. The minimum Gasteiger partial charge on any atom is -0.392 e. The molecule has 134 valence electrons. The Kier molecular flexibility index (Phi) is 6.03. The van der Waals surface area contributed by atoms with Crippen molar-refractivity contribution in [3.8, 4) is 0 Å². The van der Waals surface area contributed by atoms with Crippen LogP contribution in [0.4, 0.5) is 0 Å². The van der Waals surface area contributed by atoms with E-state index in [4.69, 9.17) is 4.74 Å². The SMILES string of the molecule is CCCC1CCC(COC2CCCC3(C2)C(O)CCC3O)CC1. The Hall–Kier alpha value is -0.120. The van der Waals surface area contributed by atoms with E-state index in [9.17, 15) is 10.2 Å². The van der Waals surface area contributed by atoms with E-state index in [2.05, 4.69) is 6.92 Å². The van der Waals surface area contributed by atoms with Crippen molar-refractivity contribution in [1.29, 1.82) is 0 Å². The zero-order valence-corrected chi connectivity index (χ0v) is 14.9. The molecule has 0 aliphatic heterocycles. The summed E-state index contributed by atoms with van der Waals surface area (Å²) in [5, 5.41) is 20.7. The molecule has 0 heterocycles. The molecule has 0 aromatic rings. The highest BCUT2D eigenvalue weighted by Gasteiger charge is 2.51. The molecule has 1 spiro atoms. The maximum atomic E-state index is 10.4. The lowest BCUT2D eigenvalue weighted by molar-refractivity contribution is -0.103. The van der Waals surface area contributed by atoms with Crippen LogP contribution >= 0.6 is 0 Å². The van der Waals surface area contributed by atoms with Crippen LogP contribution in [-0.4, -0.2) is 35.1 Å². The van der Waals surface area contributed by atoms with Gasteiger partial charge in [0.15, 0.2) is 0 Å². The number of hydrogen-bond donors (Lipinski definition) is 2. The van der Waals surface area contributed by atoms with Crippen LogP contribution in [0.25, 0.3) is 0 Å². The summed E-state index contributed by atoms with van der Waals surface area (Å²) < 4.78 is 6.28. The van der Waals surface area contributed by atoms with Gasteiger partial charge < -0.3 is 14.9 Å². The topological polar surface area (TPSA) is 49.7 Å². The largest absolute Gasteiger partial charge is 0.392 e. The molecule has 23 heavy (non-hydrogen) atoms. The molecule has 3 fully saturated rings. The van der Waals surface area contributed by atoms with Crippen molar-refractivity contribution >= 4 is 0 Å². The van der Waals surface area contributed by atoms with Crippen molar-refractivity contribution in [2.75, 3.05) is 6.61 Å². The maximum absolute atomic E-state index is 10.4. The predicted octanol–water partition coefficient (Wildman–Crippen LogP) is 4.05. The van der Waals surface area contributed by atoms with Crippen molar-refractivity contribution in [1.82, 2.24) is 0 Å². The number of ether oxygens (including phenoxy) is 1. The van der Waals surface area contributed by atoms with Crippen LogP contribution in [0.15, 0.2) is 0 Å². The van der Waals surface area contributed by atoms with Gasteiger partial charge in [-0.15, -0.1) is 0 Å². The summed E-state index contributed by atoms with van der Waals surface area (Å²) in [6, 6.07) is 0. The Balaban J connectivity index is 1.44. The fourth-order valence-corrected chi connectivity index (χ4v) is 5.51. The van der Waals surface area contributed by atoms with Crippen LogP contribution in [-0.2, 0) is 4.74 Å². The van der Waals surface area contributed by atoms with E-state index in [1.807, 2.05) is 0 Å². The lowest BCUT2D eigenvalue weighted by Crippen LogP contribution is -2.45. The second-order valence-electron chi connectivity index (χ2n) is 8.57. The zero-order chi connectivity index (χ0) is 16.3. The molecule has 0 aromatic heterocycles. The second kappa shape index (κ2) is 7.84. The first-order chi connectivity index (χ1) is 11.1. The van der Waals surface area contributed by atoms with Crippen LogP contribution < -0.4 is 0 Å². The summed E-state index contributed by atoms with van der Waals surface area (Å²) in [5.74, 6) is 1.69. The van der Waals surface area contributed by atoms with Gasteiger partial charge in [0.2, 0.25) is 0 Å². The van der Waals surface area contributed by atoms with Gasteiger partial charge in [-0.2, -0.15) is 0 Å². The molecular weight excluding hydrogens is 288 g/mol. The zero-order valence-electron chi connectivity index (χ0n) is 14.9. The lowest BCUT2D eigenvalue weighted by atomic mass is 9.69. The number of hydrogen-bond acceptors (Lipinski definition) is 3. The van der Waals surface area contributed by atoms with E-state index in [0.29, 0.717) is 0 Å². The number of aliphatic hydroxyl groups excluding tert-OH is 2. The van der Waals surface area contributed by atoms with E-state index in [0.717, 1.165) is 57.0 Å². The standard InChI is InChI=1S/C20H36O3/c1-2-4-15-6-8-16(9-7-15)14-23-17-5-3-12-20(13-17)18(21)10-11-19(20)22/h15-19,21-22H,2-14H2,1H3. The third kappa shape index (κ3) is 3.93. The normalized spacial score (nSPS) is 44.7. The molecule has 0 amide bonds. The highest BCUT2D eigenvalue weighted by Crippen LogP contribution is 2.50. The molecule has 3 aliphatic rings. The molecule has 0 radical (unpaired) electrons. The van der Waals surface area contributed by atoms with Crippen molar-refractivity contribution in [2.45, 2.75) is 102 Å². The molecule has 3 rings (SSSR count). The highest BCUT2D eigenvalue weighted by atomic mass is 16.5. The minimum atomic E-state index is -0.326. The fourth-order valence-electron chi connectivity index (χ4n) is 5.51. The van der Waals surface area contributed by atoms with Gasteiger partial charge in [0.25, 0.3) is 0 Å². The van der Waals surface area contributed by atoms with Gasteiger partial charge in [-0.25, -0.2) is 0 Å². The molecule has 2 N–H and O–H groups in total. The molecule has 3 unspecified atom stereocenters.